The molecule has 1 fully saturated rings. The summed E-state index contributed by atoms with van der Waals surface area (Å²) in [5.74, 6) is 0.346. The summed E-state index contributed by atoms with van der Waals surface area (Å²) >= 11 is 0. The second kappa shape index (κ2) is 7.40. The van der Waals surface area contributed by atoms with Gasteiger partial charge in [-0.3, -0.25) is 9.59 Å². The molecule has 0 radical (unpaired) electrons. The van der Waals surface area contributed by atoms with Crippen molar-refractivity contribution < 1.29 is 4.79 Å². The zero-order valence-corrected chi connectivity index (χ0v) is 16.0. The molecule has 1 amide bonds. The van der Waals surface area contributed by atoms with E-state index in [1.807, 2.05) is 55.1 Å². The summed E-state index contributed by atoms with van der Waals surface area (Å²) in [6.45, 7) is 6.63. The molecule has 1 aromatic heterocycles. The molecule has 1 N–H and O–H groups in total. The van der Waals surface area contributed by atoms with E-state index in [1.165, 1.54) is 6.20 Å². The number of H-pyrrole nitrogens is 1. The van der Waals surface area contributed by atoms with Crippen molar-refractivity contribution in [3.05, 3.63) is 69.6 Å². The third kappa shape index (κ3) is 3.80. The number of rotatable bonds is 4. The highest BCUT2D eigenvalue weighted by Gasteiger charge is 2.41. The van der Waals surface area contributed by atoms with Crippen molar-refractivity contribution in [1.29, 1.82) is 5.26 Å². The minimum Gasteiger partial charge on any atom is -0.366 e. The number of carbonyl (C=O) groups excluding carboxylic acids is 1. The Kier molecular flexibility index (Phi) is 5.18. The Morgan fingerprint density at radius 3 is 2.67 bits per heavy atom. The van der Waals surface area contributed by atoms with Crippen molar-refractivity contribution in [2.45, 2.75) is 39.7 Å². The van der Waals surface area contributed by atoms with E-state index < -0.39 is 5.41 Å². The van der Waals surface area contributed by atoms with Gasteiger partial charge in [0, 0.05) is 29.9 Å². The number of aromatic nitrogens is 1. The van der Waals surface area contributed by atoms with E-state index in [9.17, 15) is 9.59 Å². The standard InChI is InChI=1S/C22H25N3O2/c1-15-9-19(18-13-24-12-17(11-23)20(18)26)25(14-15)21(27)22(2,3)10-16-7-5-4-6-8-16/h4-8,12-13,15,19H,9-10,14H2,1-3H3,(H,24,26)/t15-,19+/m1/s1. The second-order valence-electron chi connectivity index (χ2n) is 8.13. The predicted molar refractivity (Wildman–Crippen MR) is 104 cm³/mol. The Hall–Kier alpha value is -2.87. The van der Waals surface area contributed by atoms with E-state index in [1.54, 1.807) is 6.20 Å². The van der Waals surface area contributed by atoms with Crippen LogP contribution in [-0.2, 0) is 11.2 Å². The lowest BCUT2D eigenvalue weighted by Crippen LogP contribution is -2.43. The molecule has 0 unspecified atom stereocenters. The molecule has 1 aromatic carbocycles. The van der Waals surface area contributed by atoms with Crippen LogP contribution in [0.25, 0.3) is 0 Å². The smallest absolute Gasteiger partial charge is 0.229 e. The Morgan fingerprint density at radius 2 is 2.00 bits per heavy atom. The summed E-state index contributed by atoms with van der Waals surface area (Å²) in [5, 5.41) is 9.16. The SMILES string of the molecule is C[C@@H]1C[C@@H](c2c[nH]cc(C#N)c2=O)N(C(=O)C(C)(C)Cc2ccccc2)C1. The van der Waals surface area contributed by atoms with Crippen LogP contribution in [0.4, 0.5) is 0 Å². The molecule has 0 saturated carbocycles. The average Bonchev–Trinajstić information content (AvgIpc) is 3.03. The Labute approximate surface area is 159 Å². The first-order valence-corrected chi connectivity index (χ1v) is 9.29. The zero-order chi connectivity index (χ0) is 19.6. The highest BCUT2D eigenvalue weighted by Crippen LogP contribution is 2.38. The van der Waals surface area contributed by atoms with Gasteiger partial charge in [-0.05, 0) is 24.3 Å². The maximum Gasteiger partial charge on any atom is 0.229 e. The van der Waals surface area contributed by atoms with Crippen LogP contribution in [0.15, 0.2) is 47.5 Å². The quantitative estimate of drug-likeness (QED) is 0.904. The number of amides is 1. The second-order valence-corrected chi connectivity index (χ2v) is 8.13. The molecule has 2 heterocycles. The lowest BCUT2D eigenvalue weighted by atomic mass is 9.84. The van der Waals surface area contributed by atoms with E-state index in [0.717, 1.165) is 12.0 Å². The summed E-state index contributed by atoms with van der Waals surface area (Å²) in [4.78, 5) is 30.8. The highest BCUT2D eigenvalue weighted by molar-refractivity contribution is 5.83. The fraction of sp³-hybridized carbons (Fsp3) is 0.409. The summed E-state index contributed by atoms with van der Waals surface area (Å²) in [5.41, 5.74) is 0.840. The molecule has 27 heavy (non-hydrogen) atoms. The normalized spacial score (nSPS) is 19.7. The molecule has 0 aliphatic carbocycles. The van der Waals surface area contributed by atoms with Gasteiger partial charge in [-0.15, -0.1) is 0 Å². The molecule has 1 aliphatic heterocycles. The van der Waals surface area contributed by atoms with Crippen molar-refractivity contribution in [2.75, 3.05) is 6.54 Å². The lowest BCUT2D eigenvalue weighted by molar-refractivity contribution is -0.141. The maximum absolute atomic E-state index is 13.4. The van der Waals surface area contributed by atoms with E-state index in [2.05, 4.69) is 11.9 Å². The van der Waals surface area contributed by atoms with Crippen LogP contribution in [0.3, 0.4) is 0 Å². The van der Waals surface area contributed by atoms with Crippen LogP contribution < -0.4 is 5.43 Å². The topological polar surface area (TPSA) is 77.0 Å². The molecule has 1 aliphatic rings. The minimum atomic E-state index is -0.580. The summed E-state index contributed by atoms with van der Waals surface area (Å²) in [6.07, 6.45) is 4.41. The van der Waals surface area contributed by atoms with E-state index in [-0.39, 0.29) is 22.9 Å². The molecule has 140 valence electrons. The van der Waals surface area contributed by atoms with Crippen LogP contribution in [0, 0.1) is 22.7 Å². The van der Waals surface area contributed by atoms with Gasteiger partial charge in [-0.25, -0.2) is 0 Å². The Balaban J connectivity index is 1.91. The fourth-order valence-corrected chi connectivity index (χ4v) is 3.97. The fourth-order valence-electron chi connectivity index (χ4n) is 3.97. The average molecular weight is 363 g/mol. The Bertz CT molecular complexity index is 925. The number of benzene rings is 1. The molecule has 0 bridgehead atoms. The van der Waals surface area contributed by atoms with E-state index in [4.69, 9.17) is 5.26 Å². The number of nitrogens with one attached hydrogen (secondary N) is 1. The van der Waals surface area contributed by atoms with Crippen molar-refractivity contribution in [3.63, 3.8) is 0 Å². The Morgan fingerprint density at radius 1 is 1.30 bits per heavy atom. The highest BCUT2D eigenvalue weighted by atomic mass is 16.2. The number of hydrogen-bond acceptors (Lipinski definition) is 3. The van der Waals surface area contributed by atoms with Crippen LogP contribution in [0.5, 0.6) is 0 Å². The minimum absolute atomic E-state index is 0.0439. The van der Waals surface area contributed by atoms with Crippen LogP contribution >= 0.6 is 0 Å². The van der Waals surface area contributed by atoms with Crippen molar-refractivity contribution in [2.24, 2.45) is 11.3 Å². The van der Waals surface area contributed by atoms with Gasteiger partial charge in [0.05, 0.1) is 6.04 Å². The molecule has 2 atom stereocenters. The van der Waals surface area contributed by atoms with Crippen LogP contribution in [-0.4, -0.2) is 22.3 Å². The largest absolute Gasteiger partial charge is 0.366 e. The number of aromatic amines is 1. The summed E-state index contributed by atoms with van der Waals surface area (Å²) in [7, 11) is 0. The first-order chi connectivity index (χ1) is 12.8. The number of carbonyl (C=O) groups is 1. The zero-order valence-electron chi connectivity index (χ0n) is 16.0. The number of hydrogen-bond donors (Lipinski definition) is 1. The maximum atomic E-state index is 13.4. The predicted octanol–water partition coefficient (Wildman–Crippen LogP) is 3.42. The van der Waals surface area contributed by atoms with E-state index in [0.29, 0.717) is 24.4 Å². The summed E-state index contributed by atoms with van der Waals surface area (Å²) in [6, 6.07) is 11.6. The molecule has 1 saturated heterocycles. The van der Waals surface area contributed by atoms with Gasteiger partial charge in [0.15, 0.2) is 0 Å². The lowest BCUT2D eigenvalue weighted by Gasteiger charge is -2.33. The molecule has 3 rings (SSSR count). The van der Waals surface area contributed by atoms with Gasteiger partial charge in [0.1, 0.15) is 11.6 Å². The van der Waals surface area contributed by atoms with Crippen LogP contribution in [0.2, 0.25) is 0 Å². The molecular formula is C22H25N3O2. The van der Waals surface area contributed by atoms with Crippen molar-refractivity contribution >= 4 is 5.91 Å². The number of likely N-dealkylation sites (tertiary alicyclic amines) is 1. The van der Waals surface area contributed by atoms with Gasteiger partial charge >= 0.3 is 0 Å². The molecule has 5 heteroatoms. The monoisotopic (exact) mass is 363 g/mol. The van der Waals surface area contributed by atoms with Gasteiger partial charge < -0.3 is 9.88 Å². The van der Waals surface area contributed by atoms with Crippen molar-refractivity contribution in [1.82, 2.24) is 9.88 Å². The number of nitrogens with zero attached hydrogens (tertiary/aromatic N) is 2. The third-order valence-electron chi connectivity index (χ3n) is 5.29. The molecular weight excluding hydrogens is 338 g/mol. The third-order valence-corrected chi connectivity index (χ3v) is 5.29. The first-order valence-electron chi connectivity index (χ1n) is 9.29. The van der Waals surface area contributed by atoms with Gasteiger partial charge in [0.2, 0.25) is 11.3 Å². The van der Waals surface area contributed by atoms with Crippen LogP contribution in [0.1, 0.15) is 49.9 Å². The molecule has 0 spiro atoms. The van der Waals surface area contributed by atoms with Gasteiger partial charge in [-0.2, -0.15) is 5.26 Å². The van der Waals surface area contributed by atoms with Gasteiger partial charge in [0.25, 0.3) is 0 Å². The van der Waals surface area contributed by atoms with Crippen molar-refractivity contribution in [3.8, 4) is 6.07 Å². The number of nitriles is 1. The number of pyridine rings is 1. The first kappa shape index (κ1) is 18.9. The van der Waals surface area contributed by atoms with E-state index >= 15 is 0 Å². The summed E-state index contributed by atoms with van der Waals surface area (Å²) < 4.78 is 0. The molecule has 2 aromatic rings. The molecule has 5 nitrogen and oxygen atoms in total. The van der Waals surface area contributed by atoms with Gasteiger partial charge in [-0.1, -0.05) is 51.1 Å².